The highest BCUT2D eigenvalue weighted by Crippen LogP contribution is 2.23. The first-order chi connectivity index (χ1) is 5.95. The van der Waals surface area contributed by atoms with Crippen LogP contribution in [-0.2, 0) is 5.41 Å². The fourth-order valence-electron chi connectivity index (χ4n) is 0.993. The molecular formula is C10H15NO2. The molecule has 1 amide bonds. The minimum Gasteiger partial charge on any atom is -0.468 e. The van der Waals surface area contributed by atoms with Crippen molar-refractivity contribution in [3.05, 3.63) is 23.7 Å². The van der Waals surface area contributed by atoms with E-state index in [-0.39, 0.29) is 11.3 Å². The van der Waals surface area contributed by atoms with Crippen LogP contribution in [-0.4, -0.2) is 13.0 Å². The molecule has 0 atom stereocenters. The number of rotatable bonds is 1. The van der Waals surface area contributed by atoms with Crippen LogP contribution in [0.25, 0.3) is 0 Å². The Labute approximate surface area is 78.1 Å². The van der Waals surface area contributed by atoms with Gasteiger partial charge in [0.25, 0.3) is 5.91 Å². The fourth-order valence-corrected chi connectivity index (χ4v) is 0.993. The van der Waals surface area contributed by atoms with E-state index < -0.39 is 0 Å². The Balaban J connectivity index is 2.93. The fraction of sp³-hybridized carbons (Fsp3) is 0.500. The smallest absolute Gasteiger partial charge is 0.254 e. The molecule has 0 spiro atoms. The molecule has 0 aromatic carbocycles. The number of hydrogen-bond acceptors (Lipinski definition) is 2. The molecule has 72 valence electrons. The molecule has 0 aliphatic heterocycles. The van der Waals surface area contributed by atoms with Crippen molar-refractivity contribution in [2.24, 2.45) is 0 Å². The number of hydrogen-bond donors (Lipinski definition) is 1. The Hall–Kier alpha value is -1.25. The first-order valence-corrected chi connectivity index (χ1v) is 4.26. The quantitative estimate of drug-likeness (QED) is 0.719. The highest BCUT2D eigenvalue weighted by Gasteiger charge is 2.19. The maximum absolute atomic E-state index is 11.2. The Morgan fingerprint density at radius 2 is 2.08 bits per heavy atom. The van der Waals surface area contributed by atoms with E-state index in [2.05, 4.69) is 5.32 Å². The minimum atomic E-state index is -0.112. The summed E-state index contributed by atoms with van der Waals surface area (Å²) in [4.78, 5) is 11.2. The summed E-state index contributed by atoms with van der Waals surface area (Å²) in [7, 11) is 1.60. The SMILES string of the molecule is CNC(=O)c1coc(C(C)(C)C)c1. The molecular weight excluding hydrogens is 166 g/mol. The van der Waals surface area contributed by atoms with E-state index in [0.717, 1.165) is 5.76 Å². The molecule has 1 aromatic rings. The maximum Gasteiger partial charge on any atom is 0.254 e. The predicted octanol–water partition coefficient (Wildman–Crippen LogP) is 1.94. The van der Waals surface area contributed by atoms with Gasteiger partial charge in [0.1, 0.15) is 12.0 Å². The number of furan rings is 1. The second kappa shape index (κ2) is 3.24. The normalized spacial score (nSPS) is 11.4. The lowest BCUT2D eigenvalue weighted by molar-refractivity contribution is 0.0962. The molecule has 3 heteroatoms. The van der Waals surface area contributed by atoms with E-state index in [1.165, 1.54) is 6.26 Å². The summed E-state index contributed by atoms with van der Waals surface area (Å²) in [5, 5.41) is 2.55. The number of carbonyl (C=O) groups excluding carboxylic acids is 1. The molecule has 0 radical (unpaired) electrons. The summed E-state index contributed by atoms with van der Waals surface area (Å²) in [6.45, 7) is 6.12. The summed E-state index contributed by atoms with van der Waals surface area (Å²) in [5.41, 5.74) is 0.527. The first kappa shape index (κ1) is 9.84. The second-order valence-corrected chi connectivity index (χ2v) is 4.03. The Morgan fingerprint density at radius 3 is 2.46 bits per heavy atom. The largest absolute Gasteiger partial charge is 0.468 e. The van der Waals surface area contributed by atoms with Crippen molar-refractivity contribution in [1.29, 1.82) is 0 Å². The van der Waals surface area contributed by atoms with Crippen LogP contribution in [0.2, 0.25) is 0 Å². The zero-order chi connectivity index (χ0) is 10.1. The van der Waals surface area contributed by atoms with Gasteiger partial charge in [-0.2, -0.15) is 0 Å². The minimum absolute atomic E-state index is 0.0493. The summed E-state index contributed by atoms with van der Waals surface area (Å²) in [5.74, 6) is 0.713. The van der Waals surface area contributed by atoms with Crippen LogP contribution in [0.3, 0.4) is 0 Å². The van der Waals surface area contributed by atoms with Crippen molar-refractivity contribution in [2.75, 3.05) is 7.05 Å². The highest BCUT2D eigenvalue weighted by molar-refractivity contribution is 5.93. The summed E-state index contributed by atoms with van der Waals surface area (Å²) < 4.78 is 5.29. The average molecular weight is 181 g/mol. The number of carbonyl (C=O) groups is 1. The van der Waals surface area contributed by atoms with Crippen molar-refractivity contribution in [1.82, 2.24) is 5.32 Å². The van der Waals surface area contributed by atoms with Gasteiger partial charge in [-0.1, -0.05) is 20.8 Å². The van der Waals surface area contributed by atoms with Gasteiger partial charge in [0, 0.05) is 12.5 Å². The third-order valence-electron chi connectivity index (χ3n) is 1.83. The maximum atomic E-state index is 11.2. The zero-order valence-corrected chi connectivity index (χ0v) is 8.47. The van der Waals surface area contributed by atoms with Gasteiger partial charge < -0.3 is 9.73 Å². The molecule has 0 aliphatic rings. The van der Waals surface area contributed by atoms with Gasteiger partial charge in [0.2, 0.25) is 0 Å². The molecule has 1 N–H and O–H groups in total. The Bertz CT molecular complexity index is 307. The van der Waals surface area contributed by atoms with Crippen molar-refractivity contribution in [3.63, 3.8) is 0 Å². The standard InChI is InChI=1S/C10H15NO2/c1-10(2,3)8-5-7(6-13-8)9(12)11-4/h5-6H,1-4H3,(H,11,12). The molecule has 13 heavy (non-hydrogen) atoms. The monoisotopic (exact) mass is 181 g/mol. The van der Waals surface area contributed by atoms with Crippen molar-refractivity contribution < 1.29 is 9.21 Å². The molecule has 1 rings (SSSR count). The van der Waals surface area contributed by atoms with Crippen LogP contribution in [0.5, 0.6) is 0 Å². The summed E-state index contributed by atoms with van der Waals surface area (Å²) >= 11 is 0. The molecule has 1 aromatic heterocycles. The molecule has 0 bridgehead atoms. The van der Waals surface area contributed by atoms with Gasteiger partial charge >= 0.3 is 0 Å². The first-order valence-electron chi connectivity index (χ1n) is 4.26. The van der Waals surface area contributed by atoms with Crippen molar-refractivity contribution >= 4 is 5.91 Å². The molecule has 0 saturated heterocycles. The van der Waals surface area contributed by atoms with Crippen molar-refractivity contribution in [2.45, 2.75) is 26.2 Å². The molecule has 1 heterocycles. The van der Waals surface area contributed by atoms with Gasteiger partial charge in [0.15, 0.2) is 0 Å². The van der Waals surface area contributed by atoms with Crippen LogP contribution < -0.4 is 5.32 Å². The second-order valence-electron chi connectivity index (χ2n) is 4.03. The van der Waals surface area contributed by atoms with E-state index in [0.29, 0.717) is 5.56 Å². The van der Waals surface area contributed by atoms with Gasteiger partial charge in [-0.05, 0) is 6.07 Å². The molecule has 0 saturated carbocycles. The lowest BCUT2D eigenvalue weighted by Crippen LogP contribution is -2.17. The van der Waals surface area contributed by atoms with E-state index in [1.54, 1.807) is 13.1 Å². The van der Waals surface area contributed by atoms with E-state index in [4.69, 9.17) is 4.42 Å². The van der Waals surface area contributed by atoms with E-state index in [9.17, 15) is 4.79 Å². The zero-order valence-electron chi connectivity index (χ0n) is 8.47. The Kier molecular flexibility index (Phi) is 2.45. The molecule has 3 nitrogen and oxygen atoms in total. The van der Waals surface area contributed by atoms with Crippen LogP contribution in [0.4, 0.5) is 0 Å². The van der Waals surface area contributed by atoms with Crippen LogP contribution in [0, 0.1) is 0 Å². The molecule has 0 fully saturated rings. The van der Waals surface area contributed by atoms with E-state index >= 15 is 0 Å². The Morgan fingerprint density at radius 1 is 1.46 bits per heavy atom. The summed E-state index contributed by atoms with van der Waals surface area (Å²) in [6, 6.07) is 1.78. The lowest BCUT2D eigenvalue weighted by Gasteiger charge is -2.13. The summed E-state index contributed by atoms with van der Waals surface area (Å²) in [6.07, 6.45) is 1.49. The third kappa shape index (κ3) is 2.11. The third-order valence-corrected chi connectivity index (χ3v) is 1.83. The van der Waals surface area contributed by atoms with Crippen LogP contribution in [0.1, 0.15) is 36.9 Å². The van der Waals surface area contributed by atoms with Gasteiger partial charge in [-0.3, -0.25) is 4.79 Å². The average Bonchev–Trinajstić information content (AvgIpc) is 2.50. The van der Waals surface area contributed by atoms with Gasteiger partial charge in [-0.15, -0.1) is 0 Å². The molecule has 0 aliphatic carbocycles. The van der Waals surface area contributed by atoms with E-state index in [1.807, 2.05) is 20.8 Å². The lowest BCUT2D eigenvalue weighted by atomic mass is 9.93. The predicted molar refractivity (Wildman–Crippen MR) is 50.8 cm³/mol. The molecule has 0 unspecified atom stereocenters. The van der Waals surface area contributed by atoms with Crippen LogP contribution >= 0.6 is 0 Å². The van der Waals surface area contributed by atoms with Gasteiger partial charge in [0.05, 0.1) is 5.56 Å². The highest BCUT2D eigenvalue weighted by atomic mass is 16.3. The van der Waals surface area contributed by atoms with Gasteiger partial charge in [-0.25, -0.2) is 0 Å². The number of nitrogens with one attached hydrogen (secondary N) is 1. The number of amides is 1. The van der Waals surface area contributed by atoms with Crippen molar-refractivity contribution in [3.8, 4) is 0 Å². The topological polar surface area (TPSA) is 42.2 Å². The van der Waals surface area contributed by atoms with Crippen LogP contribution in [0.15, 0.2) is 16.7 Å².